The Hall–Kier alpha value is -1.54. The number of hydrogen-bond acceptors (Lipinski definition) is 6. The highest BCUT2D eigenvalue weighted by molar-refractivity contribution is 7.90. The fourth-order valence-corrected chi connectivity index (χ4v) is 4.95. The molecule has 6 nitrogen and oxygen atoms in total. The first-order valence-electron chi connectivity index (χ1n) is 8.82. The first-order valence-corrected chi connectivity index (χ1v) is 11.5. The molecular weight excluding hydrogens is 423 g/mol. The van der Waals surface area contributed by atoms with E-state index in [2.05, 4.69) is 9.88 Å². The van der Waals surface area contributed by atoms with Gasteiger partial charge in [-0.05, 0) is 37.1 Å². The Morgan fingerprint density at radius 1 is 1.32 bits per heavy atom. The topological polar surface area (TPSA) is 79.7 Å². The molecule has 0 bridgehead atoms. The van der Waals surface area contributed by atoms with Crippen molar-refractivity contribution in [3.05, 3.63) is 45.7 Å². The van der Waals surface area contributed by atoms with Crippen molar-refractivity contribution in [2.75, 3.05) is 26.5 Å². The van der Waals surface area contributed by atoms with Gasteiger partial charge in [0, 0.05) is 42.5 Å². The molecule has 0 amide bonds. The lowest BCUT2D eigenvalue weighted by Crippen LogP contribution is -2.34. The molecule has 1 saturated heterocycles. The van der Waals surface area contributed by atoms with Crippen molar-refractivity contribution in [1.29, 1.82) is 0 Å². The third-order valence-corrected chi connectivity index (χ3v) is 6.57. The number of ether oxygens (including phenoxy) is 1. The average molecular weight is 445 g/mol. The van der Waals surface area contributed by atoms with E-state index in [1.54, 1.807) is 6.07 Å². The molecule has 28 heavy (non-hydrogen) atoms. The molecule has 1 N–H and O–H groups in total. The zero-order chi connectivity index (χ0) is 20.5. The van der Waals surface area contributed by atoms with Crippen LogP contribution in [0.2, 0.25) is 10.0 Å². The number of piperidine rings is 1. The summed E-state index contributed by atoms with van der Waals surface area (Å²) in [7, 11) is -1.94. The third-order valence-electron chi connectivity index (χ3n) is 4.88. The number of benzene rings is 1. The van der Waals surface area contributed by atoms with Gasteiger partial charge < -0.3 is 9.84 Å². The predicted octanol–water partition coefficient (Wildman–Crippen LogP) is 3.89. The summed E-state index contributed by atoms with van der Waals surface area (Å²) in [6, 6.07) is 4.67. The largest absolute Gasteiger partial charge is 0.504 e. The SMILES string of the molecule is COc1cc(CN2CCC[C@@H](c3ncc(Cl)cc3S(C)(=O)=O)C2)c(Cl)cc1O. The lowest BCUT2D eigenvalue weighted by Gasteiger charge is -2.33. The fraction of sp³-hybridized carbons (Fsp3) is 0.421. The second-order valence-electron chi connectivity index (χ2n) is 7.00. The monoisotopic (exact) mass is 444 g/mol. The number of halogens is 2. The van der Waals surface area contributed by atoms with E-state index in [9.17, 15) is 13.5 Å². The highest BCUT2D eigenvalue weighted by Crippen LogP contribution is 2.35. The lowest BCUT2D eigenvalue weighted by atomic mass is 9.94. The van der Waals surface area contributed by atoms with Crippen molar-refractivity contribution >= 4 is 33.0 Å². The normalized spacial score (nSPS) is 18.2. The van der Waals surface area contributed by atoms with E-state index in [-0.39, 0.29) is 16.6 Å². The van der Waals surface area contributed by atoms with Gasteiger partial charge in [-0.3, -0.25) is 9.88 Å². The van der Waals surface area contributed by atoms with Gasteiger partial charge >= 0.3 is 0 Å². The summed E-state index contributed by atoms with van der Waals surface area (Å²) < 4.78 is 29.6. The summed E-state index contributed by atoms with van der Waals surface area (Å²) in [5, 5.41) is 10.6. The number of phenolic OH excluding ortho intramolecular Hbond substituents is 1. The van der Waals surface area contributed by atoms with Gasteiger partial charge in [0.25, 0.3) is 0 Å². The van der Waals surface area contributed by atoms with Crippen molar-refractivity contribution in [3.63, 3.8) is 0 Å². The average Bonchev–Trinajstić information content (AvgIpc) is 2.63. The van der Waals surface area contributed by atoms with Crippen molar-refractivity contribution < 1.29 is 18.3 Å². The smallest absolute Gasteiger partial charge is 0.177 e. The Morgan fingerprint density at radius 3 is 2.75 bits per heavy atom. The molecule has 1 fully saturated rings. The highest BCUT2D eigenvalue weighted by atomic mass is 35.5. The van der Waals surface area contributed by atoms with Crippen molar-refractivity contribution in [3.8, 4) is 11.5 Å². The molecule has 1 aliphatic heterocycles. The van der Waals surface area contributed by atoms with Gasteiger partial charge in [0.2, 0.25) is 0 Å². The third kappa shape index (κ3) is 4.71. The van der Waals surface area contributed by atoms with E-state index in [4.69, 9.17) is 27.9 Å². The lowest BCUT2D eigenvalue weighted by molar-refractivity contribution is 0.197. The molecule has 0 saturated carbocycles. The van der Waals surface area contributed by atoms with Crippen LogP contribution in [-0.2, 0) is 16.4 Å². The molecule has 0 unspecified atom stereocenters. The minimum Gasteiger partial charge on any atom is -0.504 e. The Labute approximate surface area is 175 Å². The molecule has 1 aliphatic rings. The summed E-state index contributed by atoms with van der Waals surface area (Å²) in [5.74, 6) is 0.344. The summed E-state index contributed by atoms with van der Waals surface area (Å²) in [5.41, 5.74) is 1.40. The van der Waals surface area contributed by atoms with Crippen LogP contribution in [0, 0.1) is 0 Å². The molecule has 1 aromatic carbocycles. The molecule has 0 aliphatic carbocycles. The number of sulfone groups is 1. The second kappa shape index (κ2) is 8.45. The summed E-state index contributed by atoms with van der Waals surface area (Å²) in [6.45, 7) is 2.07. The zero-order valence-electron chi connectivity index (χ0n) is 15.7. The highest BCUT2D eigenvalue weighted by Gasteiger charge is 2.28. The van der Waals surface area contributed by atoms with E-state index in [1.807, 2.05) is 0 Å². The van der Waals surface area contributed by atoms with E-state index in [0.717, 1.165) is 24.9 Å². The van der Waals surface area contributed by atoms with Crippen LogP contribution in [0.3, 0.4) is 0 Å². The van der Waals surface area contributed by atoms with E-state index in [1.165, 1.54) is 31.7 Å². The second-order valence-corrected chi connectivity index (χ2v) is 9.83. The van der Waals surface area contributed by atoms with Crippen molar-refractivity contribution in [1.82, 2.24) is 9.88 Å². The van der Waals surface area contributed by atoms with Crippen LogP contribution < -0.4 is 4.74 Å². The van der Waals surface area contributed by atoms with Gasteiger partial charge in [0.05, 0.1) is 22.7 Å². The number of methoxy groups -OCH3 is 1. The summed E-state index contributed by atoms with van der Waals surface area (Å²) >= 11 is 12.3. The number of phenols is 1. The maximum atomic E-state index is 12.2. The molecule has 0 radical (unpaired) electrons. The van der Waals surface area contributed by atoms with E-state index >= 15 is 0 Å². The van der Waals surface area contributed by atoms with Gasteiger partial charge in [0.1, 0.15) is 0 Å². The number of pyridine rings is 1. The first-order chi connectivity index (χ1) is 13.2. The fourth-order valence-electron chi connectivity index (χ4n) is 3.57. The van der Waals surface area contributed by atoms with Gasteiger partial charge in [-0.15, -0.1) is 0 Å². The zero-order valence-corrected chi connectivity index (χ0v) is 18.0. The summed E-state index contributed by atoms with van der Waals surface area (Å²) in [4.78, 5) is 6.74. The van der Waals surface area contributed by atoms with Crippen LogP contribution in [0.5, 0.6) is 11.5 Å². The Kier molecular flexibility index (Phi) is 6.39. The molecule has 1 aromatic heterocycles. The molecule has 1 atom stereocenters. The maximum absolute atomic E-state index is 12.2. The van der Waals surface area contributed by atoms with Gasteiger partial charge in [-0.2, -0.15) is 0 Å². The van der Waals surface area contributed by atoms with Crippen LogP contribution in [0.4, 0.5) is 0 Å². The number of hydrogen-bond donors (Lipinski definition) is 1. The minimum absolute atomic E-state index is 0.00377. The Morgan fingerprint density at radius 2 is 2.07 bits per heavy atom. The Bertz CT molecular complexity index is 982. The molecule has 3 rings (SSSR count). The first kappa shape index (κ1) is 21.2. The van der Waals surface area contributed by atoms with Crippen LogP contribution in [0.1, 0.15) is 30.0 Å². The predicted molar refractivity (Wildman–Crippen MR) is 109 cm³/mol. The minimum atomic E-state index is -3.43. The standard InChI is InChI=1S/C19H22Cl2N2O4S/c1-27-17-6-13(15(21)8-16(17)24)11-23-5-3-4-12(10-23)19-18(28(2,25)26)7-14(20)9-22-19/h6-9,12,24H,3-5,10-11H2,1-2H3/t12-/m1/s1. The number of rotatable bonds is 5. The summed E-state index contributed by atoms with van der Waals surface area (Å²) in [6.07, 6.45) is 4.42. The number of aromatic nitrogens is 1. The van der Waals surface area contributed by atoms with Crippen LogP contribution in [-0.4, -0.2) is 49.9 Å². The Balaban J connectivity index is 1.85. The van der Waals surface area contributed by atoms with Crippen molar-refractivity contribution in [2.45, 2.75) is 30.2 Å². The van der Waals surface area contributed by atoms with Gasteiger partial charge in [-0.1, -0.05) is 23.2 Å². The van der Waals surface area contributed by atoms with E-state index < -0.39 is 9.84 Å². The maximum Gasteiger partial charge on any atom is 0.177 e. The van der Waals surface area contributed by atoms with Gasteiger partial charge in [-0.25, -0.2) is 8.42 Å². The molecule has 152 valence electrons. The quantitative estimate of drug-likeness (QED) is 0.753. The number of aromatic hydroxyl groups is 1. The van der Waals surface area contributed by atoms with Crippen LogP contribution in [0.15, 0.2) is 29.3 Å². The van der Waals surface area contributed by atoms with Crippen LogP contribution >= 0.6 is 23.2 Å². The van der Waals surface area contributed by atoms with E-state index in [0.29, 0.717) is 34.6 Å². The number of nitrogens with zero attached hydrogens (tertiary/aromatic N) is 2. The molecule has 9 heteroatoms. The molecular formula is C19H22Cl2N2O4S. The number of likely N-dealkylation sites (tertiary alicyclic amines) is 1. The van der Waals surface area contributed by atoms with Crippen LogP contribution in [0.25, 0.3) is 0 Å². The van der Waals surface area contributed by atoms with Gasteiger partial charge in [0.15, 0.2) is 21.3 Å². The van der Waals surface area contributed by atoms with Crippen molar-refractivity contribution in [2.24, 2.45) is 0 Å². The molecule has 2 heterocycles. The molecule has 0 spiro atoms. The molecule has 2 aromatic rings.